The van der Waals surface area contributed by atoms with Gasteiger partial charge in [0.1, 0.15) is 6.10 Å². The van der Waals surface area contributed by atoms with Gasteiger partial charge in [-0.15, -0.1) is 17.0 Å². The van der Waals surface area contributed by atoms with Crippen molar-refractivity contribution in [1.29, 1.82) is 0 Å². The van der Waals surface area contributed by atoms with Crippen molar-refractivity contribution in [3.8, 4) is 11.5 Å². The molecule has 1 aliphatic heterocycles. The lowest BCUT2D eigenvalue weighted by Crippen LogP contribution is -2.43. The van der Waals surface area contributed by atoms with Crippen LogP contribution in [0.25, 0.3) is 0 Å². The van der Waals surface area contributed by atoms with Crippen molar-refractivity contribution < 1.29 is 14.2 Å². The summed E-state index contributed by atoms with van der Waals surface area (Å²) in [6.07, 6.45) is -0.286. The summed E-state index contributed by atoms with van der Waals surface area (Å²) in [5.41, 5.74) is 1.07. The molecule has 2 aromatic rings. The Morgan fingerprint density at radius 1 is 1.17 bits per heavy atom. The predicted molar refractivity (Wildman–Crippen MR) is 101 cm³/mol. The number of ether oxygens (including phenoxy) is 3. The third kappa shape index (κ3) is 4.63. The molecule has 1 unspecified atom stereocenters. The first-order valence-electron chi connectivity index (χ1n) is 7.65. The van der Waals surface area contributed by atoms with Gasteiger partial charge in [-0.2, -0.15) is 0 Å². The normalized spacial score (nSPS) is 18.3. The second-order valence-corrected chi connectivity index (χ2v) is 5.79. The van der Waals surface area contributed by atoms with Crippen molar-refractivity contribution in [3.63, 3.8) is 0 Å². The summed E-state index contributed by atoms with van der Waals surface area (Å²) in [5.74, 6) is 1.27. The van der Waals surface area contributed by atoms with Crippen LogP contribution < -0.4 is 14.8 Å². The molecule has 0 amide bonds. The molecule has 1 N–H and O–H groups in total. The Morgan fingerprint density at radius 2 is 1.96 bits per heavy atom. The molecular weight excluding hydrogens is 394 g/mol. The molecule has 1 fully saturated rings. The quantitative estimate of drug-likeness (QED) is 0.802. The van der Waals surface area contributed by atoms with E-state index in [1.54, 1.807) is 19.2 Å². The summed E-state index contributed by atoms with van der Waals surface area (Å²) in [5, 5.41) is 3.96. The van der Waals surface area contributed by atoms with Crippen LogP contribution in [0.15, 0.2) is 48.5 Å². The number of rotatable bonds is 5. The van der Waals surface area contributed by atoms with Gasteiger partial charge in [0, 0.05) is 24.2 Å². The molecule has 0 saturated carbocycles. The van der Waals surface area contributed by atoms with Crippen LogP contribution in [-0.2, 0) is 4.74 Å². The highest BCUT2D eigenvalue weighted by Gasteiger charge is 2.28. The lowest BCUT2D eigenvalue weighted by molar-refractivity contribution is -0.0438. The van der Waals surface area contributed by atoms with E-state index in [2.05, 4.69) is 5.32 Å². The van der Waals surface area contributed by atoms with Crippen LogP contribution in [0.1, 0.15) is 11.7 Å². The van der Waals surface area contributed by atoms with Gasteiger partial charge in [0.15, 0.2) is 17.6 Å². The smallest absolute Gasteiger partial charge is 0.162 e. The lowest BCUT2D eigenvalue weighted by atomic mass is 10.0. The van der Waals surface area contributed by atoms with Gasteiger partial charge in [-0.3, -0.25) is 0 Å². The van der Waals surface area contributed by atoms with E-state index in [9.17, 15) is 0 Å². The highest BCUT2D eigenvalue weighted by molar-refractivity contribution is 8.93. The Labute approximate surface area is 157 Å². The van der Waals surface area contributed by atoms with Gasteiger partial charge in [0.05, 0.1) is 13.7 Å². The number of nitrogens with one attached hydrogen (secondary N) is 1. The molecule has 0 radical (unpaired) electrons. The van der Waals surface area contributed by atoms with Crippen molar-refractivity contribution in [3.05, 3.63) is 59.1 Å². The largest absolute Gasteiger partial charge is 0.493 e. The van der Waals surface area contributed by atoms with Crippen LogP contribution in [0.5, 0.6) is 11.5 Å². The summed E-state index contributed by atoms with van der Waals surface area (Å²) < 4.78 is 17.6. The number of hydrogen-bond acceptors (Lipinski definition) is 4. The molecule has 4 nitrogen and oxygen atoms in total. The maximum Gasteiger partial charge on any atom is 0.162 e. The van der Waals surface area contributed by atoms with Crippen molar-refractivity contribution >= 4 is 28.6 Å². The van der Waals surface area contributed by atoms with Crippen molar-refractivity contribution in [1.82, 2.24) is 5.32 Å². The summed E-state index contributed by atoms with van der Waals surface area (Å²) >= 11 is 6.03. The van der Waals surface area contributed by atoms with Gasteiger partial charge < -0.3 is 19.5 Å². The standard InChI is InChI=1S/C18H20ClNO3.BrH/c1-21-16-11-14(19)7-8-15(16)23-18(13-5-3-2-4-6-13)17-12-20-9-10-22-17;/h2-8,11,17-18,20H,9-10,12H2,1H3;1H/t17-,18?;/m0./s1. The van der Waals surface area contributed by atoms with E-state index in [1.165, 1.54) is 0 Å². The first-order chi connectivity index (χ1) is 11.3. The van der Waals surface area contributed by atoms with Gasteiger partial charge in [0.25, 0.3) is 0 Å². The Hall–Kier alpha value is -1.27. The van der Waals surface area contributed by atoms with E-state index >= 15 is 0 Å². The zero-order valence-electron chi connectivity index (χ0n) is 13.4. The molecule has 0 spiro atoms. The molecule has 2 aromatic carbocycles. The highest BCUT2D eigenvalue weighted by Crippen LogP contribution is 2.35. The average molecular weight is 415 g/mol. The van der Waals surface area contributed by atoms with Gasteiger partial charge in [0.2, 0.25) is 0 Å². The minimum absolute atomic E-state index is 0. The molecular formula is C18H21BrClNO3. The molecule has 1 aliphatic rings. The number of hydrogen-bond donors (Lipinski definition) is 1. The number of halogens is 2. The fraction of sp³-hybridized carbons (Fsp3) is 0.333. The fourth-order valence-corrected chi connectivity index (χ4v) is 2.82. The van der Waals surface area contributed by atoms with E-state index in [0.29, 0.717) is 23.1 Å². The SMILES string of the molecule is Br.COc1cc(Cl)ccc1OC(c1ccccc1)[C@@H]1CNCCO1. The second-order valence-electron chi connectivity index (χ2n) is 5.36. The maximum absolute atomic E-state index is 6.27. The molecule has 0 aliphatic carbocycles. The maximum atomic E-state index is 6.27. The van der Waals surface area contributed by atoms with Gasteiger partial charge in [-0.05, 0) is 17.7 Å². The van der Waals surface area contributed by atoms with Crippen LogP contribution >= 0.6 is 28.6 Å². The van der Waals surface area contributed by atoms with E-state index in [0.717, 1.165) is 18.7 Å². The van der Waals surface area contributed by atoms with Crippen molar-refractivity contribution in [2.24, 2.45) is 0 Å². The van der Waals surface area contributed by atoms with E-state index < -0.39 is 0 Å². The Balaban J connectivity index is 0.00000208. The molecule has 6 heteroatoms. The minimum atomic E-state index is -0.223. The zero-order valence-corrected chi connectivity index (χ0v) is 15.9. The first-order valence-corrected chi connectivity index (χ1v) is 8.03. The predicted octanol–water partition coefficient (Wildman–Crippen LogP) is 4.04. The third-order valence-electron chi connectivity index (χ3n) is 3.80. The average Bonchev–Trinajstić information content (AvgIpc) is 2.62. The monoisotopic (exact) mass is 413 g/mol. The summed E-state index contributed by atoms with van der Waals surface area (Å²) in [7, 11) is 1.61. The number of methoxy groups -OCH3 is 1. The topological polar surface area (TPSA) is 39.7 Å². The minimum Gasteiger partial charge on any atom is -0.493 e. The molecule has 2 atom stereocenters. The number of morpholine rings is 1. The second kappa shape index (κ2) is 9.28. The highest BCUT2D eigenvalue weighted by atomic mass is 79.9. The van der Waals surface area contributed by atoms with Crippen LogP contribution in [-0.4, -0.2) is 32.9 Å². The summed E-state index contributed by atoms with van der Waals surface area (Å²) in [6, 6.07) is 15.5. The molecule has 0 aromatic heterocycles. The molecule has 1 saturated heterocycles. The molecule has 1 heterocycles. The van der Waals surface area contributed by atoms with Gasteiger partial charge >= 0.3 is 0 Å². The van der Waals surface area contributed by atoms with Crippen LogP contribution in [0.2, 0.25) is 5.02 Å². The summed E-state index contributed by atoms with van der Waals surface area (Å²) in [6.45, 7) is 2.28. The summed E-state index contributed by atoms with van der Waals surface area (Å²) in [4.78, 5) is 0. The van der Waals surface area contributed by atoms with Crippen molar-refractivity contribution in [2.75, 3.05) is 26.8 Å². The number of benzene rings is 2. The van der Waals surface area contributed by atoms with E-state index in [-0.39, 0.29) is 29.2 Å². The molecule has 3 rings (SSSR count). The van der Waals surface area contributed by atoms with Gasteiger partial charge in [-0.25, -0.2) is 0 Å². The van der Waals surface area contributed by atoms with E-state index in [1.807, 2.05) is 36.4 Å². The fourth-order valence-electron chi connectivity index (χ4n) is 2.66. The molecule has 0 bridgehead atoms. The Bertz CT molecular complexity index is 635. The molecule has 130 valence electrons. The van der Waals surface area contributed by atoms with Crippen LogP contribution in [0, 0.1) is 0 Å². The molecule has 24 heavy (non-hydrogen) atoms. The zero-order chi connectivity index (χ0) is 16.1. The van der Waals surface area contributed by atoms with Crippen LogP contribution in [0.4, 0.5) is 0 Å². The first kappa shape index (κ1) is 19.1. The Morgan fingerprint density at radius 3 is 2.62 bits per heavy atom. The van der Waals surface area contributed by atoms with Gasteiger partial charge in [-0.1, -0.05) is 41.9 Å². The third-order valence-corrected chi connectivity index (χ3v) is 4.04. The lowest BCUT2D eigenvalue weighted by Gasteiger charge is -2.32. The Kier molecular flexibility index (Phi) is 7.37. The van der Waals surface area contributed by atoms with E-state index in [4.69, 9.17) is 25.8 Å². The van der Waals surface area contributed by atoms with Crippen LogP contribution in [0.3, 0.4) is 0 Å². The van der Waals surface area contributed by atoms with Crippen molar-refractivity contribution in [2.45, 2.75) is 12.2 Å².